The van der Waals surface area contributed by atoms with Gasteiger partial charge in [-0.25, -0.2) is 0 Å². The Morgan fingerprint density at radius 2 is 1.82 bits per heavy atom. The van der Waals surface area contributed by atoms with E-state index >= 15 is 0 Å². The number of furan rings is 1. The fourth-order valence-electron chi connectivity index (χ4n) is 4.12. The number of hydrogen-bond acceptors (Lipinski definition) is 3. The lowest BCUT2D eigenvalue weighted by Gasteiger charge is -2.36. The second-order valence-electron chi connectivity index (χ2n) is 7.75. The Kier molecular flexibility index (Phi) is 5.11. The van der Waals surface area contributed by atoms with Gasteiger partial charge in [0.2, 0.25) is 0 Å². The molecule has 148 valence electrons. The number of aliphatic imine (C=N–C) groups is 1. The van der Waals surface area contributed by atoms with Crippen LogP contribution in [0.2, 0.25) is 0 Å². The van der Waals surface area contributed by atoms with Gasteiger partial charge in [-0.05, 0) is 43.0 Å². The van der Waals surface area contributed by atoms with Crippen LogP contribution >= 0.6 is 0 Å². The van der Waals surface area contributed by atoms with E-state index in [-0.39, 0.29) is 11.3 Å². The summed E-state index contributed by atoms with van der Waals surface area (Å²) in [5.41, 5.74) is 3.05. The van der Waals surface area contributed by atoms with Gasteiger partial charge in [0.25, 0.3) is 5.91 Å². The molecule has 1 saturated heterocycles. The third kappa shape index (κ3) is 3.63. The fraction of sp³-hybridized carbons (Fsp3) is 0.455. The zero-order chi connectivity index (χ0) is 19.6. The largest absolute Gasteiger partial charge is 0.459 e. The first-order chi connectivity index (χ1) is 13.6. The number of amides is 1. The van der Waals surface area contributed by atoms with Gasteiger partial charge in [-0.1, -0.05) is 24.3 Å². The first-order valence-corrected chi connectivity index (χ1v) is 9.97. The van der Waals surface area contributed by atoms with E-state index in [0.717, 1.165) is 25.6 Å². The quantitative estimate of drug-likeness (QED) is 0.654. The summed E-state index contributed by atoms with van der Waals surface area (Å²) < 4.78 is 5.24. The van der Waals surface area contributed by atoms with E-state index < -0.39 is 0 Å². The average molecular weight is 380 g/mol. The molecule has 0 bridgehead atoms. The van der Waals surface area contributed by atoms with Gasteiger partial charge in [0, 0.05) is 45.2 Å². The lowest BCUT2D eigenvalue weighted by atomic mass is 9.92. The van der Waals surface area contributed by atoms with Crippen molar-refractivity contribution in [1.82, 2.24) is 15.1 Å². The van der Waals surface area contributed by atoms with E-state index in [0.29, 0.717) is 18.8 Å². The van der Waals surface area contributed by atoms with Crippen LogP contribution in [0.15, 0.2) is 52.1 Å². The third-order valence-electron chi connectivity index (χ3n) is 5.97. The summed E-state index contributed by atoms with van der Waals surface area (Å²) in [5, 5.41) is 3.59. The van der Waals surface area contributed by atoms with Gasteiger partial charge in [0.15, 0.2) is 11.7 Å². The molecule has 4 rings (SSSR count). The second-order valence-corrected chi connectivity index (χ2v) is 7.75. The van der Waals surface area contributed by atoms with E-state index in [1.807, 2.05) is 11.9 Å². The summed E-state index contributed by atoms with van der Waals surface area (Å²) in [6, 6.07) is 12.1. The van der Waals surface area contributed by atoms with E-state index in [9.17, 15) is 4.79 Å². The van der Waals surface area contributed by atoms with Gasteiger partial charge < -0.3 is 19.5 Å². The predicted octanol–water partition coefficient (Wildman–Crippen LogP) is 2.65. The van der Waals surface area contributed by atoms with Crippen LogP contribution in [0, 0.1) is 6.92 Å². The van der Waals surface area contributed by atoms with Gasteiger partial charge in [-0.2, -0.15) is 0 Å². The highest BCUT2D eigenvalue weighted by atomic mass is 16.3. The van der Waals surface area contributed by atoms with Gasteiger partial charge in [-0.15, -0.1) is 0 Å². The number of piperazine rings is 1. The molecule has 0 unspecified atom stereocenters. The number of hydrogen-bond donors (Lipinski definition) is 1. The van der Waals surface area contributed by atoms with Gasteiger partial charge >= 0.3 is 0 Å². The van der Waals surface area contributed by atoms with Crippen molar-refractivity contribution in [2.24, 2.45) is 4.99 Å². The van der Waals surface area contributed by atoms with Gasteiger partial charge in [0.05, 0.1) is 6.26 Å². The molecule has 6 nitrogen and oxygen atoms in total. The van der Waals surface area contributed by atoms with Crippen molar-refractivity contribution in [3.05, 3.63) is 59.5 Å². The number of carbonyl (C=O) groups is 1. The van der Waals surface area contributed by atoms with Gasteiger partial charge in [-0.3, -0.25) is 9.79 Å². The first kappa shape index (κ1) is 18.6. The molecule has 1 amide bonds. The molecule has 1 aromatic carbocycles. The van der Waals surface area contributed by atoms with E-state index in [4.69, 9.17) is 4.42 Å². The van der Waals surface area contributed by atoms with Gasteiger partial charge in [0.1, 0.15) is 0 Å². The number of carbonyl (C=O) groups excluding carboxylic acids is 1. The highest BCUT2D eigenvalue weighted by Gasteiger charge is 2.45. The SMILES string of the molecule is CN=C(NCC1(c2ccccc2C)CC1)N1CCN(C(=O)c2ccco2)CC1. The standard InChI is InChI=1S/C22H28N4O2/c1-17-6-3-4-7-18(17)22(9-10-22)16-24-21(23-2)26-13-11-25(12-14-26)20(27)19-8-5-15-28-19/h3-8,15H,9-14,16H2,1-2H3,(H,23,24). The Bertz CT molecular complexity index is 847. The predicted molar refractivity (Wildman–Crippen MR) is 110 cm³/mol. The van der Waals surface area contributed by atoms with Crippen molar-refractivity contribution in [2.75, 3.05) is 39.8 Å². The van der Waals surface area contributed by atoms with Crippen LogP contribution < -0.4 is 5.32 Å². The Hall–Kier alpha value is -2.76. The molecule has 2 aromatic rings. The summed E-state index contributed by atoms with van der Waals surface area (Å²) in [6.45, 7) is 5.97. The monoisotopic (exact) mass is 380 g/mol. The van der Waals surface area contributed by atoms with Crippen LogP contribution in [0.25, 0.3) is 0 Å². The molecule has 2 heterocycles. The minimum atomic E-state index is -0.0379. The molecule has 1 aliphatic heterocycles. The van der Waals surface area contributed by atoms with Crippen LogP contribution in [0.4, 0.5) is 0 Å². The number of benzene rings is 1. The second kappa shape index (κ2) is 7.70. The molecule has 2 aliphatic rings. The average Bonchev–Trinajstić information content (AvgIpc) is 3.30. The minimum Gasteiger partial charge on any atom is -0.459 e. The van der Waals surface area contributed by atoms with Crippen molar-refractivity contribution in [3.63, 3.8) is 0 Å². The molecule has 28 heavy (non-hydrogen) atoms. The molecule has 1 aliphatic carbocycles. The number of nitrogens with one attached hydrogen (secondary N) is 1. The highest BCUT2D eigenvalue weighted by Crippen LogP contribution is 2.48. The normalized spacial score (nSPS) is 18.9. The molecule has 1 aromatic heterocycles. The van der Waals surface area contributed by atoms with Crippen molar-refractivity contribution < 1.29 is 9.21 Å². The Labute approximate surface area is 166 Å². The van der Waals surface area contributed by atoms with Crippen LogP contribution in [0.3, 0.4) is 0 Å². The number of aryl methyl sites for hydroxylation is 1. The summed E-state index contributed by atoms with van der Waals surface area (Å²) in [7, 11) is 1.83. The lowest BCUT2D eigenvalue weighted by molar-refractivity contribution is 0.0657. The van der Waals surface area contributed by atoms with Crippen molar-refractivity contribution in [1.29, 1.82) is 0 Å². The summed E-state index contributed by atoms with van der Waals surface area (Å²) in [4.78, 5) is 21.0. The zero-order valence-corrected chi connectivity index (χ0v) is 16.6. The Balaban J connectivity index is 1.33. The zero-order valence-electron chi connectivity index (χ0n) is 16.6. The van der Waals surface area contributed by atoms with E-state index in [2.05, 4.69) is 46.4 Å². The fourth-order valence-corrected chi connectivity index (χ4v) is 4.12. The lowest BCUT2D eigenvalue weighted by Crippen LogP contribution is -2.54. The van der Waals surface area contributed by atoms with E-state index in [1.165, 1.54) is 30.2 Å². The maximum atomic E-state index is 12.4. The van der Waals surface area contributed by atoms with Crippen molar-refractivity contribution in [3.8, 4) is 0 Å². The minimum absolute atomic E-state index is 0.0379. The van der Waals surface area contributed by atoms with E-state index in [1.54, 1.807) is 12.1 Å². The van der Waals surface area contributed by atoms with Crippen molar-refractivity contribution in [2.45, 2.75) is 25.2 Å². The topological polar surface area (TPSA) is 61.1 Å². The molecule has 0 radical (unpaired) electrons. The number of nitrogens with zero attached hydrogens (tertiary/aromatic N) is 3. The first-order valence-electron chi connectivity index (χ1n) is 9.97. The molecule has 2 fully saturated rings. The molecular weight excluding hydrogens is 352 g/mol. The summed E-state index contributed by atoms with van der Waals surface area (Å²) in [5.74, 6) is 1.29. The third-order valence-corrected chi connectivity index (χ3v) is 5.97. The molecule has 0 atom stereocenters. The number of rotatable bonds is 4. The Morgan fingerprint density at radius 3 is 2.43 bits per heavy atom. The molecule has 1 N–H and O–H groups in total. The van der Waals surface area contributed by atoms with Crippen LogP contribution in [0.1, 0.15) is 34.5 Å². The number of guanidine groups is 1. The van der Waals surface area contributed by atoms with Crippen molar-refractivity contribution >= 4 is 11.9 Å². The Morgan fingerprint density at radius 1 is 1.11 bits per heavy atom. The maximum Gasteiger partial charge on any atom is 0.289 e. The molecule has 6 heteroatoms. The molecule has 0 spiro atoms. The van der Waals surface area contributed by atoms with Crippen LogP contribution in [-0.4, -0.2) is 61.4 Å². The summed E-state index contributed by atoms with van der Waals surface area (Å²) >= 11 is 0. The highest BCUT2D eigenvalue weighted by molar-refractivity contribution is 5.91. The maximum absolute atomic E-state index is 12.4. The summed E-state index contributed by atoms with van der Waals surface area (Å²) in [6.07, 6.45) is 3.97. The smallest absolute Gasteiger partial charge is 0.289 e. The molecule has 1 saturated carbocycles. The molecular formula is C22H28N4O2. The van der Waals surface area contributed by atoms with Crippen LogP contribution in [0.5, 0.6) is 0 Å². The van der Waals surface area contributed by atoms with Crippen LogP contribution in [-0.2, 0) is 5.41 Å².